The lowest BCUT2D eigenvalue weighted by Crippen LogP contribution is -2.58. The van der Waals surface area contributed by atoms with Gasteiger partial charge in [-0.3, -0.25) is 14.4 Å². The Balaban J connectivity index is 1.67. The molecule has 0 bridgehead atoms. The molecule has 1 aliphatic heterocycles. The van der Waals surface area contributed by atoms with Gasteiger partial charge >= 0.3 is 0 Å². The van der Waals surface area contributed by atoms with Gasteiger partial charge in [0.2, 0.25) is 18.2 Å². The minimum absolute atomic E-state index is 0.00931. The highest BCUT2D eigenvalue weighted by Gasteiger charge is 2.50. The summed E-state index contributed by atoms with van der Waals surface area (Å²) in [5.41, 5.74) is -1.50. The van der Waals surface area contributed by atoms with Crippen molar-refractivity contribution in [2.24, 2.45) is 5.41 Å². The van der Waals surface area contributed by atoms with E-state index in [1.165, 1.54) is 6.92 Å². The molecule has 34 heavy (non-hydrogen) atoms. The lowest BCUT2D eigenvalue weighted by Gasteiger charge is -2.51. The van der Waals surface area contributed by atoms with Gasteiger partial charge in [0.25, 0.3) is 0 Å². The van der Waals surface area contributed by atoms with E-state index in [0.29, 0.717) is 31.0 Å². The lowest BCUT2D eigenvalue weighted by molar-refractivity contribution is -0.155. The first kappa shape index (κ1) is 26.5. The summed E-state index contributed by atoms with van der Waals surface area (Å²) in [5.74, 6) is -0.0940. The molecule has 3 rings (SSSR count). The summed E-state index contributed by atoms with van der Waals surface area (Å²) >= 11 is 6.03. The Kier molecular flexibility index (Phi) is 7.68. The molecule has 1 aliphatic carbocycles. The number of aliphatic hydroxyl groups is 1. The number of amides is 3. The maximum atomic E-state index is 13.4. The van der Waals surface area contributed by atoms with Gasteiger partial charge in [0.05, 0.1) is 5.60 Å². The minimum atomic E-state index is -1.07. The van der Waals surface area contributed by atoms with Crippen molar-refractivity contribution in [2.45, 2.75) is 89.9 Å². The van der Waals surface area contributed by atoms with Gasteiger partial charge in [-0.2, -0.15) is 0 Å². The average Bonchev–Trinajstić information content (AvgIpc) is 3.17. The van der Waals surface area contributed by atoms with Crippen molar-refractivity contribution in [3.8, 4) is 0 Å². The number of carbonyl (C=O) groups excluding carboxylic acids is 3. The molecule has 2 N–H and O–H groups in total. The van der Waals surface area contributed by atoms with E-state index in [1.807, 2.05) is 44.7 Å². The number of benzene rings is 1. The number of hydrogen-bond donors (Lipinski definition) is 2. The summed E-state index contributed by atoms with van der Waals surface area (Å²) in [4.78, 5) is 40.4. The molecule has 1 heterocycles. The van der Waals surface area contributed by atoms with Crippen LogP contribution in [0.5, 0.6) is 0 Å². The fourth-order valence-electron chi connectivity index (χ4n) is 5.72. The topological polar surface area (TPSA) is 90.0 Å². The van der Waals surface area contributed by atoms with Crippen LogP contribution in [0.2, 0.25) is 5.02 Å². The summed E-state index contributed by atoms with van der Waals surface area (Å²) < 4.78 is 0. The smallest absolute Gasteiger partial charge is 0.224 e. The van der Waals surface area contributed by atoms with Gasteiger partial charge in [0, 0.05) is 54.5 Å². The third-order valence-corrected chi connectivity index (χ3v) is 7.98. The first-order valence-corrected chi connectivity index (χ1v) is 12.4. The van der Waals surface area contributed by atoms with Crippen LogP contribution in [-0.2, 0) is 20.0 Å². The Morgan fingerprint density at radius 3 is 2.47 bits per heavy atom. The van der Waals surface area contributed by atoms with Crippen molar-refractivity contribution in [3.63, 3.8) is 0 Å². The summed E-state index contributed by atoms with van der Waals surface area (Å²) in [6, 6.07) is 7.30. The Morgan fingerprint density at radius 2 is 1.91 bits per heavy atom. The largest absolute Gasteiger partial charge is 0.384 e. The molecule has 1 saturated heterocycles. The van der Waals surface area contributed by atoms with Crippen LogP contribution in [0.1, 0.15) is 72.3 Å². The predicted molar refractivity (Wildman–Crippen MR) is 132 cm³/mol. The van der Waals surface area contributed by atoms with Gasteiger partial charge < -0.3 is 20.2 Å². The molecule has 3 amide bonds. The van der Waals surface area contributed by atoms with Gasteiger partial charge in [0.15, 0.2) is 0 Å². The van der Waals surface area contributed by atoms with E-state index < -0.39 is 16.6 Å². The molecule has 2 fully saturated rings. The molecule has 1 aromatic carbocycles. The number of likely N-dealkylation sites (tertiary alicyclic amines) is 1. The average molecular weight is 492 g/mol. The van der Waals surface area contributed by atoms with Gasteiger partial charge in [-0.15, -0.1) is 0 Å². The SMILES string of the molecule is CC(=O)N[C@@H]1CC[C@@H](N(C=O)C(C)(C)CC(=O)N2CC[C@](O)(c3ccc(Cl)cc3)C(C)(C)C2)C1. The third kappa shape index (κ3) is 5.41. The second kappa shape index (κ2) is 9.86. The van der Waals surface area contributed by atoms with Crippen molar-refractivity contribution < 1.29 is 19.5 Å². The van der Waals surface area contributed by atoms with E-state index >= 15 is 0 Å². The number of rotatable bonds is 7. The molecule has 3 atom stereocenters. The fraction of sp³-hybridized carbons (Fsp3) is 0.654. The molecule has 188 valence electrons. The van der Waals surface area contributed by atoms with E-state index in [2.05, 4.69) is 5.32 Å². The second-order valence-corrected chi connectivity index (χ2v) is 11.6. The molecule has 1 aromatic rings. The quantitative estimate of drug-likeness (QED) is 0.571. The highest BCUT2D eigenvalue weighted by Crippen LogP contribution is 2.46. The Labute approximate surface area is 207 Å². The van der Waals surface area contributed by atoms with Crippen LogP contribution >= 0.6 is 11.6 Å². The van der Waals surface area contributed by atoms with Gasteiger partial charge in [-0.25, -0.2) is 0 Å². The molecule has 2 aliphatic rings. The van der Waals surface area contributed by atoms with E-state index in [1.54, 1.807) is 17.0 Å². The zero-order valence-electron chi connectivity index (χ0n) is 20.9. The van der Waals surface area contributed by atoms with Crippen LogP contribution < -0.4 is 5.32 Å². The summed E-state index contributed by atoms with van der Waals surface area (Å²) in [6.07, 6.45) is 3.78. The number of nitrogens with zero attached hydrogens (tertiary/aromatic N) is 2. The van der Waals surface area contributed by atoms with Gasteiger partial charge in [0.1, 0.15) is 0 Å². The Hall–Kier alpha value is -2.12. The molecule has 8 heteroatoms. The molecule has 0 unspecified atom stereocenters. The van der Waals surface area contributed by atoms with Gasteiger partial charge in [-0.1, -0.05) is 37.6 Å². The van der Waals surface area contributed by atoms with Crippen molar-refractivity contribution in [2.75, 3.05) is 13.1 Å². The number of nitrogens with one attached hydrogen (secondary N) is 1. The first-order valence-electron chi connectivity index (χ1n) is 12.1. The molecule has 0 radical (unpaired) electrons. The van der Waals surface area contributed by atoms with E-state index in [9.17, 15) is 19.5 Å². The van der Waals surface area contributed by atoms with E-state index in [4.69, 9.17) is 11.6 Å². The van der Waals surface area contributed by atoms with Crippen LogP contribution in [0.15, 0.2) is 24.3 Å². The molecule has 1 saturated carbocycles. The molecular weight excluding hydrogens is 454 g/mol. The summed E-state index contributed by atoms with van der Waals surface area (Å²) in [6.45, 7) is 10.1. The maximum Gasteiger partial charge on any atom is 0.224 e. The second-order valence-electron chi connectivity index (χ2n) is 11.2. The summed E-state index contributed by atoms with van der Waals surface area (Å²) in [5, 5.41) is 15.1. The van der Waals surface area contributed by atoms with Crippen molar-refractivity contribution >= 4 is 29.8 Å². The van der Waals surface area contributed by atoms with Crippen molar-refractivity contribution in [1.82, 2.24) is 15.1 Å². The third-order valence-electron chi connectivity index (χ3n) is 7.73. The highest BCUT2D eigenvalue weighted by atomic mass is 35.5. The zero-order chi connectivity index (χ0) is 25.3. The standard InChI is InChI=1S/C26H38ClN3O4/c1-18(32)28-21-10-11-22(14-21)30(17-31)25(4,5)15-23(33)29-13-12-26(34,24(2,3)16-29)19-6-8-20(27)9-7-19/h6-9,17,21-22,34H,10-16H2,1-5H3,(H,28,32)/t21-,22-,26+/m1/s1. The number of hydrogen-bond acceptors (Lipinski definition) is 4. The number of carbonyl (C=O) groups is 3. The highest BCUT2D eigenvalue weighted by molar-refractivity contribution is 6.30. The van der Waals surface area contributed by atoms with Crippen molar-refractivity contribution in [1.29, 1.82) is 0 Å². The predicted octanol–water partition coefficient (Wildman–Crippen LogP) is 3.47. The fourth-order valence-corrected chi connectivity index (χ4v) is 5.85. The molecular formula is C26H38ClN3O4. The monoisotopic (exact) mass is 491 g/mol. The Morgan fingerprint density at radius 1 is 1.26 bits per heavy atom. The normalized spacial score (nSPS) is 26.7. The van der Waals surface area contributed by atoms with Crippen LogP contribution in [0.3, 0.4) is 0 Å². The molecule has 7 nitrogen and oxygen atoms in total. The minimum Gasteiger partial charge on any atom is -0.384 e. The van der Waals surface area contributed by atoms with Crippen molar-refractivity contribution in [3.05, 3.63) is 34.9 Å². The van der Waals surface area contributed by atoms with Crippen LogP contribution in [0.4, 0.5) is 0 Å². The van der Waals surface area contributed by atoms with Crippen LogP contribution in [-0.4, -0.2) is 63.8 Å². The van der Waals surface area contributed by atoms with Gasteiger partial charge in [-0.05, 0) is 57.2 Å². The lowest BCUT2D eigenvalue weighted by atomic mass is 9.66. The number of piperidine rings is 1. The maximum absolute atomic E-state index is 13.4. The van der Waals surface area contributed by atoms with Crippen LogP contribution in [0, 0.1) is 5.41 Å². The first-order chi connectivity index (χ1) is 15.8. The Bertz CT molecular complexity index is 917. The van der Waals surface area contributed by atoms with Crippen LogP contribution in [0.25, 0.3) is 0 Å². The van der Waals surface area contributed by atoms with E-state index in [-0.39, 0.29) is 30.3 Å². The molecule has 0 spiro atoms. The number of halogens is 1. The van der Waals surface area contributed by atoms with E-state index in [0.717, 1.165) is 24.8 Å². The summed E-state index contributed by atoms with van der Waals surface area (Å²) in [7, 11) is 0. The zero-order valence-corrected chi connectivity index (χ0v) is 21.7. The molecule has 0 aromatic heterocycles.